The summed E-state index contributed by atoms with van der Waals surface area (Å²) in [5.74, 6) is -0.441. The zero-order valence-electron chi connectivity index (χ0n) is 15.7. The lowest BCUT2D eigenvalue weighted by molar-refractivity contribution is -0.123. The summed E-state index contributed by atoms with van der Waals surface area (Å²) in [5.41, 5.74) is 3.01. The van der Waals surface area contributed by atoms with Crippen LogP contribution in [0.3, 0.4) is 0 Å². The molecule has 29 heavy (non-hydrogen) atoms. The normalized spacial score (nSPS) is 11.9. The van der Waals surface area contributed by atoms with Crippen LogP contribution in [-0.4, -0.2) is 22.8 Å². The number of amides is 2. The molecular weight excluding hydrogens is 382 g/mol. The highest BCUT2D eigenvalue weighted by Gasteiger charge is 2.23. The van der Waals surface area contributed by atoms with Crippen LogP contribution in [0.25, 0.3) is 10.9 Å². The Labute approximate surface area is 172 Å². The number of aromatic amines is 1. The molecular formula is C23H21N3O2S. The Morgan fingerprint density at radius 3 is 2.55 bits per heavy atom. The van der Waals surface area contributed by atoms with Gasteiger partial charge in [0.2, 0.25) is 5.91 Å². The molecule has 0 radical (unpaired) electrons. The first-order valence-corrected chi connectivity index (χ1v) is 10.3. The molecule has 2 aromatic carbocycles. The number of rotatable bonds is 7. The van der Waals surface area contributed by atoms with E-state index in [2.05, 4.69) is 15.6 Å². The van der Waals surface area contributed by atoms with E-state index in [-0.39, 0.29) is 11.8 Å². The molecule has 0 aliphatic carbocycles. The molecule has 4 aromatic rings. The molecule has 0 saturated heterocycles. The van der Waals surface area contributed by atoms with E-state index in [1.54, 1.807) is 6.07 Å². The van der Waals surface area contributed by atoms with Crippen molar-refractivity contribution in [2.45, 2.75) is 19.0 Å². The summed E-state index contributed by atoms with van der Waals surface area (Å²) in [4.78, 5) is 29.4. The van der Waals surface area contributed by atoms with Gasteiger partial charge in [-0.05, 0) is 28.6 Å². The maximum atomic E-state index is 13.0. The zero-order valence-corrected chi connectivity index (χ0v) is 16.5. The first-order valence-electron chi connectivity index (χ1n) is 9.42. The quantitative estimate of drug-likeness (QED) is 0.438. The van der Waals surface area contributed by atoms with Gasteiger partial charge in [-0.1, -0.05) is 54.6 Å². The van der Waals surface area contributed by atoms with Crippen molar-refractivity contribution >= 4 is 34.1 Å². The number of fused-ring (bicyclic) bond motifs is 1. The molecule has 146 valence electrons. The summed E-state index contributed by atoms with van der Waals surface area (Å²) in [5, 5.41) is 8.75. The minimum absolute atomic E-state index is 0.205. The highest BCUT2D eigenvalue weighted by atomic mass is 32.1. The average Bonchev–Trinajstić information content (AvgIpc) is 3.43. The number of hydrogen-bond donors (Lipinski definition) is 3. The van der Waals surface area contributed by atoms with Crippen LogP contribution in [0.2, 0.25) is 0 Å². The van der Waals surface area contributed by atoms with Crippen LogP contribution in [0.5, 0.6) is 0 Å². The van der Waals surface area contributed by atoms with Gasteiger partial charge >= 0.3 is 0 Å². The Balaban J connectivity index is 1.52. The van der Waals surface area contributed by atoms with Crippen LogP contribution < -0.4 is 10.6 Å². The third-order valence-corrected chi connectivity index (χ3v) is 5.64. The molecule has 0 fully saturated rings. The second kappa shape index (κ2) is 8.75. The Hall–Kier alpha value is -3.38. The minimum Gasteiger partial charge on any atom is -0.361 e. The van der Waals surface area contributed by atoms with E-state index in [1.165, 1.54) is 11.3 Å². The van der Waals surface area contributed by atoms with Crippen molar-refractivity contribution in [3.05, 3.63) is 94.3 Å². The fourth-order valence-corrected chi connectivity index (χ4v) is 3.90. The number of benzene rings is 2. The molecule has 1 atom stereocenters. The minimum atomic E-state index is -0.674. The standard InChI is InChI=1S/C23H21N3O2S/c27-22(25-14-16-7-2-1-3-8-16)20(26-23(28)21-11-6-12-29-21)13-17-15-24-19-10-5-4-9-18(17)19/h1-12,15,20,24H,13-14H2,(H,25,27)(H,26,28)/t20-/m0/s1. The Morgan fingerprint density at radius 2 is 1.76 bits per heavy atom. The van der Waals surface area contributed by atoms with Gasteiger partial charge in [0, 0.05) is 30.1 Å². The Morgan fingerprint density at radius 1 is 0.966 bits per heavy atom. The van der Waals surface area contributed by atoms with Crippen LogP contribution in [0, 0.1) is 0 Å². The van der Waals surface area contributed by atoms with Gasteiger partial charge in [-0.3, -0.25) is 9.59 Å². The second-order valence-corrected chi connectivity index (χ2v) is 7.72. The van der Waals surface area contributed by atoms with Gasteiger partial charge < -0.3 is 15.6 Å². The van der Waals surface area contributed by atoms with E-state index in [9.17, 15) is 9.59 Å². The number of nitrogens with one attached hydrogen (secondary N) is 3. The third kappa shape index (κ3) is 4.55. The first kappa shape index (κ1) is 19.0. The van der Waals surface area contributed by atoms with Crippen molar-refractivity contribution in [2.24, 2.45) is 0 Å². The molecule has 0 bridgehead atoms. The summed E-state index contributed by atoms with van der Waals surface area (Å²) in [7, 11) is 0. The molecule has 3 N–H and O–H groups in total. The van der Waals surface area contributed by atoms with Crippen LogP contribution >= 0.6 is 11.3 Å². The van der Waals surface area contributed by atoms with Crippen LogP contribution in [0.15, 0.2) is 78.3 Å². The predicted octanol–water partition coefficient (Wildman–Crippen LogP) is 3.89. The third-order valence-electron chi connectivity index (χ3n) is 4.78. The van der Waals surface area contributed by atoms with Gasteiger partial charge in [0.05, 0.1) is 4.88 Å². The highest BCUT2D eigenvalue weighted by molar-refractivity contribution is 7.12. The molecule has 2 aromatic heterocycles. The van der Waals surface area contributed by atoms with Gasteiger partial charge in [0.1, 0.15) is 6.04 Å². The first-order chi connectivity index (χ1) is 14.2. The summed E-state index contributed by atoms with van der Waals surface area (Å²) >= 11 is 1.36. The van der Waals surface area contributed by atoms with Gasteiger partial charge in [-0.25, -0.2) is 0 Å². The topological polar surface area (TPSA) is 74.0 Å². The maximum Gasteiger partial charge on any atom is 0.262 e. The van der Waals surface area contributed by atoms with E-state index in [1.807, 2.05) is 72.2 Å². The largest absolute Gasteiger partial charge is 0.361 e. The van der Waals surface area contributed by atoms with Crippen molar-refractivity contribution in [2.75, 3.05) is 0 Å². The SMILES string of the molecule is O=C(N[C@@H](Cc1c[nH]c2ccccc12)C(=O)NCc1ccccc1)c1cccs1. The van der Waals surface area contributed by atoms with Crippen LogP contribution in [0.4, 0.5) is 0 Å². The van der Waals surface area contributed by atoms with Gasteiger partial charge in [0.15, 0.2) is 0 Å². The van der Waals surface area contributed by atoms with Gasteiger partial charge in [-0.15, -0.1) is 11.3 Å². The lowest BCUT2D eigenvalue weighted by atomic mass is 10.0. The van der Waals surface area contributed by atoms with E-state index in [0.717, 1.165) is 22.0 Å². The van der Waals surface area contributed by atoms with Gasteiger partial charge in [0.25, 0.3) is 5.91 Å². The molecule has 5 nitrogen and oxygen atoms in total. The van der Waals surface area contributed by atoms with Crippen molar-refractivity contribution in [1.29, 1.82) is 0 Å². The summed E-state index contributed by atoms with van der Waals surface area (Å²) in [6, 6.07) is 20.6. The number of hydrogen-bond acceptors (Lipinski definition) is 3. The lowest BCUT2D eigenvalue weighted by Gasteiger charge is -2.18. The monoisotopic (exact) mass is 403 g/mol. The van der Waals surface area contributed by atoms with Crippen molar-refractivity contribution < 1.29 is 9.59 Å². The number of carbonyl (C=O) groups excluding carboxylic acids is 2. The molecule has 2 amide bonds. The number of carbonyl (C=O) groups is 2. The maximum absolute atomic E-state index is 13.0. The van der Waals surface area contributed by atoms with E-state index < -0.39 is 6.04 Å². The fraction of sp³-hybridized carbons (Fsp3) is 0.130. The summed E-state index contributed by atoms with van der Waals surface area (Å²) in [6.07, 6.45) is 2.31. The van der Waals surface area contributed by atoms with Crippen molar-refractivity contribution in [1.82, 2.24) is 15.6 Å². The second-order valence-electron chi connectivity index (χ2n) is 6.77. The van der Waals surface area contributed by atoms with Crippen molar-refractivity contribution in [3.8, 4) is 0 Å². The number of aromatic nitrogens is 1. The Bertz CT molecular complexity index is 1100. The van der Waals surface area contributed by atoms with Crippen LogP contribution in [-0.2, 0) is 17.8 Å². The van der Waals surface area contributed by atoms with E-state index >= 15 is 0 Å². The van der Waals surface area contributed by atoms with Gasteiger partial charge in [-0.2, -0.15) is 0 Å². The fourth-order valence-electron chi connectivity index (χ4n) is 3.28. The van der Waals surface area contributed by atoms with Crippen LogP contribution in [0.1, 0.15) is 20.8 Å². The molecule has 0 aliphatic heterocycles. The molecule has 4 rings (SSSR count). The Kier molecular flexibility index (Phi) is 5.72. The lowest BCUT2D eigenvalue weighted by Crippen LogP contribution is -2.47. The molecule has 2 heterocycles. The smallest absolute Gasteiger partial charge is 0.262 e. The summed E-state index contributed by atoms with van der Waals surface area (Å²) in [6.45, 7) is 0.416. The number of para-hydroxylation sites is 1. The number of thiophene rings is 1. The number of H-pyrrole nitrogens is 1. The molecule has 0 saturated carbocycles. The molecule has 0 aliphatic rings. The molecule has 6 heteroatoms. The predicted molar refractivity (Wildman–Crippen MR) is 116 cm³/mol. The van der Waals surface area contributed by atoms with Crippen molar-refractivity contribution in [3.63, 3.8) is 0 Å². The highest BCUT2D eigenvalue weighted by Crippen LogP contribution is 2.19. The average molecular weight is 404 g/mol. The van der Waals surface area contributed by atoms with E-state index in [4.69, 9.17) is 0 Å². The molecule has 0 unspecified atom stereocenters. The molecule has 0 spiro atoms. The van der Waals surface area contributed by atoms with E-state index in [0.29, 0.717) is 17.8 Å². The summed E-state index contributed by atoms with van der Waals surface area (Å²) < 4.78 is 0. The zero-order chi connectivity index (χ0) is 20.1.